The lowest BCUT2D eigenvalue weighted by atomic mass is 10.2. The Kier molecular flexibility index (Phi) is 2.65. The Labute approximate surface area is 67.2 Å². The summed E-state index contributed by atoms with van der Waals surface area (Å²) < 4.78 is 36.5. The zero-order valence-electron chi connectivity index (χ0n) is 6.10. The molecule has 0 amide bonds. The van der Waals surface area contributed by atoms with Gasteiger partial charge >= 0.3 is 0 Å². The molecule has 0 radical (unpaired) electrons. The monoisotopic (exact) mass is 176 g/mol. The number of alkyl halides is 2. The van der Waals surface area contributed by atoms with Crippen LogP contribution in [-0.4, -0.2) is 4.98 Å². The van der Waals surface area contributed by atoms with E-state index in [0.717, 1.165) is 12.1 Å². The van der Waals surface area contributed by atoms with Crippen LogP contribution in [0.2, 0.25) is 0 Å². The smallest absolute Gasteiger partial charge is 0.280 e. The SMILES string of the molecule is NCc1cc(F)nc(C(F)F)c1. The summed E-state index contributed by atoms with van der Waals surface area (Å²) in [6.45, 7) is 0.0269. The highest BCUT2D eigenvalue weighted by Crippen LogP contribution is 2.17. The van der Waals surface area contributed by atoms with Gasteiger partial charge in [0.1, 0.15) is 5.69 Å². The molecule has 0 bridgehead atoms. The van der Waals surface area contributed by atoms with Gasteiger partial charge in [0, 0.05) is 6.54 Å². The van der Waals surface area contributed by atoms with E-state index in [1.165, 1.54) is 0 Å². The van der Waals surface area contributed by atoms with Gasteiger partial charge in [-0.15, -0.1) is 0 Å². The Morgan fingerprint density at radius 1 is 1.42 bits per heavy atom. The lowest BCUT2D eigenvalue weighted by molar-refractivity contribution is 0.144. The highest BCUT2D eigenvalue weighted by Gasteiger charge is 2.10. The van der Waals surface area contributed by atoms with Crippen LogP contribution in [0.5, 0.6) is 0 Å². The molecule has 0 aliphatic rings. The van der Waals surface area contributed by atoms with Crippen LogP contribution in [0.15, 0.2) is 12.1 Å². The summed E-state index contributed by atoms with van der Waals surface area (Å²) in [5.74, 6) is -0.923. The Morgan fingerprint density at radius 3 is 2.58 bits per heavy atom. The number of nitrogens with two attached hydrogens (primary N) is 1. The molecule has 0 aliphatic heterocycles. The van der Waals surface area contributed by atoms with Gasteiger partial charge in [-0.1, -0.05) is 0 Å². The molecule has 0 atom stereocenters. The molecule has 2 N–H and O–H groups in total. The minimum Gasteiger partial charge on any atom is -0.326 e. The number of pyridine rings is 1. The van der Waals surface area contributed by atoms with Crippen molar-refractivity contribution in [1.82, 2.24) is 4.98 Å². The average Bonchev–Trinajstić information content (AvgIpc) is 2.03. The van der Waals surface area contributed by atoms with E-state index in [2.05, 4.69) is 4.98 Å². The van der Waals surface area contributed by atoms with E-state index in [-0.39, 0.29) is 6.54 Å². The van der Waals surface area contributed by atoms with Gasteiger partial charge in [0.25, 0.3) is 6.43 Å². The molecule has 0 saturated carbocycles. The van der Waals surface area contributed by atoms with Crippen molar-refractivity contribution in [1.29, 1.82) is 0 Å². The van der Waals surface area contributed by atoms with E-state index in [9.17, 15) is 13.2 Å². The molecule has 0 aliphatic carbocycles. The molecule has 5 heteroatoms. The number of nitrogens with zero attached hydrogens (tertiary/aromatic N) is 1. The number of rotatable bonds is 2. The third-order valence-corrected chi connectivity index (χ3v) is 1.33. The third kappa shape index (κ3) is 1.94. The molecule has 66 valence electrons. The van der Waals surface area contributed by atoms with Crippen molar-refractivity contribution in [3.63, 3.8) is 0 Å². The number of hydrogen-bond donors (Lipinski definition) is 1. The van der Waals surface area contributed by atoms with Gasteiger partial charge in [-0.25, -0.2) is 13.8 Å². The van der Waals surface area contributed by atoms with E-state index in [1.54, 1.807) is 0 Å². The Morgan fingerprint density at radius 2 is 2.08 bits per heavy atom. The summed E-state index contributed by atoms with van der Waals surface area (Å²) in [6.07, 6.45) is -2.76. The normalized spacial score (nSPS) is 10.8. The molecule has 0 spiro atoms. The average molecular weight is 176 g/mol. The summed E-state index contributed by atoms with van der Waals surface area (Å²) in [5.41, 5.74) is 4.89. The largest absolute Gasteiger partial charge is 0.326 e. The second kappa shape index (κ2) is 3.53. The maximum Gasteiger partial charge on any atom is 0.280 e. The van der Waals surface area contributed by atoms with E-state index in [1.807, 2.05) is 0 Å². The first-order valence-electron chi connectivity index (χ1n) is 3.28. The zero-order valence-corrected chi connectivity index (χ0v) is 6.10. The number of aromatic nitrogens is 1. The van der Waals surface area contributed by atoms with Crippen LogP contribution < -0.4 is 5.73 Å². The molecule has 1 rings (SSSR count). The van der Waals surface area contributed by atoms with Crippen molar-refractivity contribution in [2.45, 2.75) is 13.0 Å². The molecule has 0 aromatic carbocycles. The van der Waals surface area contributed by atoms with Crippen LogP contribution >= 0.6 is 0 Å². The first-order valence-corrected chi connectivity index (χ1v) is 3.28. The van der Waals surface area contributed by atoms with Crippen molar-refractivity contribution in [2.75, 3.05) is 0 Å². The second-order valence-corrected chi connectivity index (χ2v) is 2.23. The fourth-order valence-corrected chi connectivity index (χ4v) is 0.802. The molecule has 0 unspecified atom stereocenters. The van der Waals surface area contributed by atoms with Crippen molar-refractivity contribution in [3.8, 4) is 0 Å². The Balaban J connectivity index is 3.06. The van der Waals surface area contributed by atoms with Gasteiger partial charge in [-0.3, -0.25) is 0 Å². The van der Waals surface area contributed by atoms with Crippen molar-refractivity contribution in [2.24, 2.45) is 5.73 Å². The summed E-state index contributed by atoms with van der Waals surface area (Å²) in [6, 6.07) is 2.12. The Bertz CT molecular complexity index is 275. The van der Waals surface area contributed by atoms with Crippen LogP contribution in [-0.2, 0) is 6.54 Å². The number of halogens is 3. The van der Waals surface area contributed by atoms with Gasteiger partial charge in [-0.2, -0.15) is 4.39 Å². The highest BCUT2D eigenvalue weighted by molar-refractivity contribution is 5.17. The quantitative estimate of drug-likeness (QED) is 0.695. The van der Waals surface area contributed by atoms with E-state index in [4.69, 9.17) is 5.73 Å². The van der Waals surface area contributed by atoms with E-state index < -0.39 is 18.1 Å². The summed E-state index contributed by atoms with van der Waals surface area (Å²) >= 11 is 0. The predicted molar refractivity (Wildman–Crippen MR) is 37.0 cm³/mol. The number of hydrogen-bond acceptors (Lipinski definition) is 2. The summed E-state index contributed by atoms with van der Waals surface area (Å²) in [5, 5.41) is 0. The van der Waals surface area contributed by atoms with Crippen molar-refractivity contribution >= 4 is 0 Å². The fraction of sp³-hybridized carbons (Fsp3) is 0.286. The van der Waals surface area contributed by atoms with E-state index >= 15 is 0 Å². The standard InChI is InChI=1S/C7H7F3N2/c8-6-2-4(3-11)1-5(12-6)7(9)10/h1-2,7H,3,11H2. The first kappa shape index (κ1) is 8.99. The highest BCUT2D eigenvalue weighted by atomic mass is 19.3. The third-order valence-electron chi connectivity index (χ3n) is 1.33. The molecule has 1 aromatic rings. The van der Waals surface area contributed by atoms with Gasteiger partial charge in [-0.05, 0) is 17.7 Å². The topological polar surface area (TPSA) is 38.9 Å². The van der Waals surface area contributed by atoms with Crippen molar-refractivity contribution < 1.29 is 13.2 Å². The minimum atomic E-state index is -2.76. The minimum absolute atomic E-state index is 0.0269. The molecule has 0 fully saturated rings. The van der Waals surface area contributed by atoms with Crippen LogP contribution in [0, 0.1) is 5.95 Å². The Hall–Kier alpha value is -1.10. The van der Waals surface area contributed by atoms with Gasteiger partial charge < -0.3 is 5.73 Å². The molecular weight excluding hydrogens is 169 g/mol. The van der Waals surface area contributed by atoms with Crippen LogP contribution in [0.3, 0.4) is 0 Å². The lowest BCUT2D eigenvalue weighted by Gasteiger charge is -2.01. The fourth-order valence-electron chi connectivity index (χ4n) is 0.802. The van der Waals surface area contributed by atoms with Gasteiger partial charge in [0.15, 0.2) is 0 Å². The molecule has 1 aromatic heterocycles. The summed E-state index contributed by atoms with van der Waals surface area (Å²) in [7, 11) is 0. The van der Waals surface area contributed by atoms with Gasteiger partial charge in [0.2, 0.25) is 5.95 Å². The first-order chi connectivity index (χ1) is 5.63. The maximum atomic E-state index is 12.5. The van der Waals surface area contributed by atoms with Crippen LogP contribution in [0.25, 0.3) is 0 Å². The molecule has 0 saturated heterocycles. The van der Waals surface area contributed by atoms with Gasteiger partial charge in [0.05, 0.1) is 0 Å². The molecule has 12 heavy (non-hydrogen) atoms. The summed E-state index contributed by atoms with van der Waals surface area (Å²) in [4.78, 5) is 3.01. The molecule has 2 nitrogen and oxygen atoms in total. The van der Waals surface area contributed by atoms with Crippen LogP contribution in [0.1, 0.15) is 17.7 Å². The predicted octanol–water partition coefficient (Wildman–Crippen LogP) is 1.62. The second-order valence-electron chi connectivity index (χ2n) is 2.23. The van der Waals surface area contributed by atoms with E-state index in [0.29, 0.717) is 5.56 Å². The van der Waals surface area contributed by atoms with Crippen LogP contribution in [0.4, 0.5) is 13.2 Å². The molecule has 1 heterocycles. The lowest BCUT2D eigenvalue weighted by Crippen LogP contribution is -2.01. The zero-order chi connectivity index (χ0) is 9.14. The molecular formula is C7H7F3N2. The maximum absolute atomic E-state index is 12.5. The van der Waals surface area contributed by atoms with Crippen molar-refractivity contribution in [3.05, 3.63) is 29.3 Å².